The van der Waals surface area contributed by atoms with Crippen LogP contribution in [0.4, 0.5) is 10.2 Å². The minimum atomic E-state index is -1.16. The van der Waals surface area contributed by atoms with Crippen LogP contribution in [0.15, 0.2) is 22.7 Å². The van der Waals surface area contributed by atoms with Crippen molar-refractivity contribution in [1.29, 1.82) is 0 Å². The van der Waals surface area contributed by atoms with Gasteiger partial charge in [0.05, 0.1) is 15.6 Å². The number of rotatable bonds is 4. The molecule has 2 rings (SSSR count). The molecule has 0 saturated carbocycles. The summed E-state index contributed by atoms with van der Waals surface area (Å²) in [5.74, 6) is -1.71. The predicted octanol–water partition coefficient (Wildman–Crippen LogP) is 3.61. The van der Waals surface area contributed by atoms with Crippen LogP contribution in [-0.2, 0) is 9.53 Å². The van der Waals surface area contributed by atoms with Gasteiger partial charge in [-0.25, -0.2) is 9.18 Å². The number of carbonyl (C=O) groups excluding carboxylic acids is 2. The first kappa shape index (κ1) is 17.2. The number of benzene rings is 1. The van der Waals surface area contributed by atoms with Crippen molar-refractivity contribution < 1.29 is 23.2 Å². The second-order valence-electron chi connectivity index (χ2n) is 4.61. The lowest BCUT2D eigenvalue weighted by molar-refractivity contribution is -0.123. The first-order chi connectivity index (χ1) is 10.8. The van der Waals surface area contributed by atoms with Gasteiger partial charge >= 0.3 is 5.97 Å². The Morgan fingerprint density at radius 1 is 1.30 bits per heavy atom. The Balaban J connectivity index is 2.04. The fraction of sp³-hybridized carbons (Fsp3) is 0.214. The third-order valence-electron chi connectivity index (χ3n) is 2.76. The minimum absolute atomic E-state index is 0.0823. The number of anilines is 1. The van der Waals surface area contributed by atoms with Gasteiger partial charge in [0.25, 0.3) is 5.91 Å². The lowest BCUT2D eigenvalue weighted by atomic mass is 10.2. The number of nitrogens with zero attached hydrogens (tertiary/aromatic N) is 1. The van der Waals surface area contributed by atoms with E-state index in [0.29, 0.717) is 5.76 Å². The highest BCUT2D eigenvalue weighted by atomic mass is 35.5. The second kappa shape index (κ2) is 6.97. The lowest BCUT2D eigenvalue weighted by Gasteiger charge is -2.13. The van der Waals surface area contributed by atoms with Gasteiger partial charge in [0.15, 0.2) is 11.9 Å². The van der Waals surface area contributed by atoms with Gasteiger partial charge in [0.1, 0.15) is 11.6 Å². The van der Waals surface area contributed by atoms with E-state index in [1.165, 1.54) is 13.0 Å². The maximum absolute atomic E-state index is 13.4. The van der Waals surface area contributed by atoms with Gasteiger partial charge in [-0.15, -0.1) is 0 Å². The first-order valence-corrected chi connectivity index (χ1v) is 7.13. The summed E-state index contributed by atoms with van der Waals surface area (Å²) in [6.45, 7) is 3.00. The summed E-state index contributed by atoms with van der Waals surface area (Å²) in [5, 5.41) is 5.68. The molecule has 9 heteroatoms. The summed E-state index contributed by atoms with van der Waals surface area (Å²) in [5.41, 5.74) is -0.231. The molecule has 0 radical (unpaired) electrons. The molecule has 1 aromatic heterocycles. The van der Waals surface area contributed by atoms with Crippen molar-refractivity contribution in [2.45, 2.75) is 20.0 Å². The highest BCUT2D eigenvalue weighted by molar-refractivity contribution is 6.36. The summed E-state index contributed by atoms with van der Waals surface area (Å²) >= 11 is 11.4. The zero-order valence-electron chi connectivity index (χ0n) is 12.0. The van der Waals surface area contributed by atoms with E-state index in [4.69, 9.17) is 32.5 Å². The van der Waals surface area contributed by atoms with Gasteiger partial charge in [0, 0.05) is 6.07 Å². The smallest absolute Gasteiger partial charge is 0.340 e. The maximum atomic E-state index is 13.4. The van der Waals surface area contributed by atoms with E-state index in [1.807, 2.05) is 0 Å². The van der Waals surface area contributed by atoms with Crippen LogP contribution in [0.5, 0.6) is 0 Å². The number of nitrogens with one attached hydrogen (secondary N) is 1. The minimum Gasteiger partial charge on any atom is -0.449 e. The number of halogens is 3. The Labute approximate surface area is 140 Å². The number of ether oxygens (including phenoxy) is 1. The number of aryl methyl sites for hydroxylation is 1. The summed E-state index contributed by atoms with van der Waals surface area (Å²) in [6, 6.07) is 3.43. The van der Waals surface area contributed by atoms with Crippen LogP contribution in [0.3, 0.4) is 0 Å². The van der Waals surface area contributed by atoms with Crippen LogP contribution in [0.25, 0.3) is 0 Å². The molecule has 23 heavy (non-hydrogen) atoms. The Morgan fingerprint density at radius 2 is 2.00 bits per heavy atom. The standard InChI is InChI=1S/C14H11Cl2FN2O4/c1-6-3-12(19-23-6)18-13(20)7(2)22-14(21)8-4-11(17)10(16)5-9(8)15/h3-5,7H,1-2H3,(H,18,19,20)/t7-/m0/s1. The molecule has 2 aromatic rings. The van der Waals surface area contributed by atoms with Gasteiger partial charge in [-0.2, -0.15) is 0 Å². The predicted molar refractivity (Wildman–Crippen MR) is 81.2 cm³/mol. The van der Waals surface area contributed by atoms with Gasteiger partial charge in [-0.1, -0.05) is 28.4 Å². The SMILES string of the molecule is Cc1cc(NC(=O)[C@H](C)OC(=O)c2cc(F)c(Cl)cc2Cl)no1. The van der Waals surface area contributed by atoms with Crippen molar-refractivity contribution in [2.75, 3.05) is 5.32 Å². The fourth-order valence-corrected chi connectivity index (χ4v) is 2.07. The first-order valence-electron chi connectivity index (χ1n) is 6.37. The zero-order valence-corrected chi connectivity index (χ0v) is 13.5. The average molecular weight is 361 g/mol. The van der Waals surface area contributed by atoms with Crippen molar-refractivity contribution in [3.63, 3.8) is 0 Å². The molecule has 122 valence electrons. The summed E-state index contributed by atoms with van der Waals surface area (Å²) < 4.78 is 23.1. The molecule has 1 atom stereocenters. The van der Waals surface area contributed by atoms with E-state index in [-0.39, 0.29) is 21.4 Å². The van der Waals surface area contributed by atoms with Crippen molar-refractivity contribution in [3.05, 3.63) is 45.4 Å². The molecule has 0 saturated heterocycles. The largest absolute Gasteiger partial charge is 0.449 e. The van der Waals surface area contributed by atoms with Crippen LogP contribution >= 0.6 is 23.2 Å². The van der Waals surface area contributed by atoms with E-state index in [0.717, 1.165) is 12.1 Å². The molecule has 0 spiro atoms. The molecule has 0 aliphatic rings. The molecule has 6 nitrogen and oxygen atoms in total. The molecule has 0 aliphatic carbocycles. The van der Waals surface area contributed by atoms with Gasteiger partial charge in [-0.3, -0.25) is 4.79 Å². The third-order valence-corrected chi connectivity index (χ3v) is 3.36. The van der Waals surface area contributed by atoms with Crippen molar-refractivity contribution >= 4 is 40.9 Å². The lowest BCUT2D eigenvalue weighted by Crippen LogP contribution is -2.30. The molecule has 0 aliphatic heterocycles. The summed E-state index contributed by atoms with van der Waals surface area (Å²) in [6.07, 6.45) is -1.16. The van der Waals surface area contributed by atoms with Gasteiger partial charge < -0.3 is 14.6 Å². The Morgan fingerprint density at radius 3 is 2.61 bits per heavy atom. The molecule has 0 bridgehead atoms. The van der Waals surface area contributed by atoms with Crippen LogP contribution < -0.4 is 5.32 Å². The average Bonchev–Trinajstić information content (AvgIpc) is 2.87. The normalized spacial score (nSPS) is 11.9. The van der Waals surface area contributed by atoms with Crippen LogP contribution in [0.2, 0.25) is 10.0 Å². The Bertz CT molecular complexity index is 763. The van der Waals surface area contributed by atoms with E-state index in [1.54, 1.807) is 6.92 Å². The van der Waals surface area contributed by atoms with E-state index >= 15 is 0 Å². The zero-order chi connectivity index (χ0) is 17.1. The number of carbonyl (C=O) groups is 2. The number of hydrogen-bond donors (Lipinski definition) is 1. The number of aromatic nitrogens is 1. The van der Waals surface area contributed by atoms with E-state index in [2.05, 4.69) is 10.5 Å². The third kappa shape index (κ3) is 4.20. The highest BCUT2D eigenvalue weighted by Crippen LogP contribution is 2.25. The van der Waals surface area contributed by atoms with Gasteiger partial charge in [0.2, 0.25) is 0 Å². The number of amides is 1. The quantitative estimate of drug-likeness (QED) is 0.665. The van der Waals surface area contributed by atoms with E-state index < -0.39 is 23.8 Å². The van der Waals surface area contributed by atoms with Crippen molar-refractivity contribution in [2.24, 2.45) is 0 Å². The van der Waals surface area contributed by atoms with Crippen LogP contribution in [-0.4, -0.2) is 23.1 Å². The van der Waals surface area contributed by atoms with Crippen LogP contribution in [0.1, 0.15) is 23.0 Å². The monoisotopic (exact) mass is 360 g/mol. The second-order valence-corrected chi connectivity index (χ2v) is 5.42. The number of esters is 1. The van der Waals surface area contributed by atoms with Gasteiger partial charge in [-0.05, 0) is 26.0 Å². The Kier molecular flexibility index (Phi) is 5.23. The maximum Gasteiger partial charge on any atom is 0.340 e. The Hall–Kier alpha value is -2.12. The molecule has 0 fully saturated rings. The van der Waals surface area contributed by atoms with Crippen LogP contribution in [0, 0.1) is 12.7 Å². The van der Waals surface area contributed by atoms with E-state index in [9.17, 15) is 14.0 Å². The number of hydrogen-bond acceptors (Lipinski definition) is 5. The topological polar surface area (TPSA) is 81.4 Å². The molecule has 1 N–H and O–H groups in total. The molecule has 1 heterocycles. The van der Waals surface area contributed by atoms with Crippen molar-refractivity contribution in [3.8, 4) is 0 Å². The highest BCUT2D eigenvalue weighted by Gasteiger charge is 2.22. The summed E-state index contributed by atoms with van der Waals surface area (Å²) in [7, 11) is 0. The fourth-order valence-electron chi connectivity index (χ4n) is 1.61. The molecular weight excluding hydrogens is 350 g/mol. The summed E-state index contributed by atoms with van der Waals surface area (Å²) in [4.78, 5) is 23.9. The molecular formula is C14H11Cl2FN2O4. The molecule has 1 amide bonds. The molecule has 0 unspecified atom stereocenters. The van der Waals surface area contributed by atoms with Crippen molar-refractivity contribution in [1.82, 2.24) is 5.16 Å². The molecule has 1 aromatic carbocycles.